The molecule has 2 aromatic rings. The van der Waals surface area contributed by atoms with Gasteiger partial charge in [0.2, 0.25) is 0 Å². The summed E-state index contributed by atoms with van der Waals surface area (Å²) in [4.78, 5) is 12.3. The van der Waals surface area contributed by atoms with E-state index >= 15 is 0 Å². The number of nitrogens with zero attached hydrogens (tertiary/aromatic N) is 2. The Morgan fingerprint density at radius 3 is 2.54 bits per heavy atom. The molecule has 1 unspecified atom stereocenters. The zero-order valence-corrected chi connectivity index (χ0v) is 14.9. The Bertz CT molecular complexity index is 802. The lowest BCUT2D eigenvalue weighted by atomic mass is 9.83. The van der Waals surface area contributed by atoms with E-state index in [-0.39, 0.29) is 23.3 Å². The molecule has 0 radical (unpaired) electrons. The molecular weight excluding hydrogens is 326 g/mol. The lowest BCUT2D eigenvalue weighted by Gasteiger charge is -2.30. The summed E-state index contributed by atoms with van der Waals surface area (Å²) in [7, 11) is 0. The van der Waals surface area contributed by atoms with Crippen LogP contribution in [0.3, 0.4) is 0 Å². The molecule has 1 aliphatic rings. The lowest BCUT2D eigenvalue weighted by Crippen LogP contribution is -2.34. The third-order valence-electron chi connectivity index (χ3n) is 5.23. The predicted molar refractivity (Wildman–Crippen MR) is 101 cm³/mol. The molecular formula is C21H25N3O2. The summed E-state index contributed by atoms with van der Waals surface area (Å²) in [6.45, 7) is 0.695. The van der Waals surface area contributed by atoms with Gasteiger partial charge in [-0.2, -0.15) is 5.26 Å². The quantitative estimate of drug-likeness (QED) is 0.867. The van der Waals surface area contributed by atoms with E-state index in [0.717, 1.165) is 25.7 Å². The van der Waals surface area contributed by atoms with Crippen molar-refractivity contribution in [3.63, 3.8) is 0 Å². The number of hydrogen-bond donors (Lipinski definition) is 1. The molecule has 5 nitrogen and oxygen atoms in total. The fourth-order valence-electron chi connectivity index (χ4n) is 3.68. The minimum atomic E-state index is -0.304. The van der Waals surface area contributed by atoms with Gasteiger partial charge in [0.25, 0.3) is 5.56 Å². The molecule has 0 amide bonds. The van der Waals surface area contributed by atoms with E-state index in [0.29, 0.717) is 19.1 Å². The van der Waals surface area contributed by atoms with Crippen molar-refractivity contribution in [2.45, 2.75) is 43.7 Å². The van der Waals surface area contributed by atoms with Crippen molar-refractivity contribution in [1.29, 1.82) is 5.26 Å². The Kier molecular flexibility index (Phi) is 6.21. The van der Waals surface area contributed by atoms with E-state index in [2.05, 4.69) is 30.3 Å². The molecule has 0 aliphatic heterocycles. The molecule has 0 saturated heterocycles. The zero-order chi connectivity index (χ0) is 18.4. The van der Waals surface area contributed by atoms with Crippen LogP contribution < -0.4 is 11.3 Å². The van der Waals surface area contributed by atoms with Crippen LogP contribution in [0.25, 0.3) is 0 Å². The van der Waals surface area contributed by atoms with Crippen molar-refractivity contribution in [3.8, 4) is 6.07 Å². The summed E-state index contributed by atoms with van der Waals surface area (Å²) in [5.41, 5.74) is 7.09. The Labute approximate surface area is 154 Å². The van der Waals surface area contributed by atoms with Crippen LogP contribution in [0, 0.1) is 11.3 Å². The van der Waals surface area contributed by atoms with Crippen molar-refractivity contribution in [3.05, 3.63) is 70.1 Å². The first-order valence-electron chi connectivity index (χ1n) is 9.20. The number of nitriles is 1. The van der Waals surface area contributed by atoms with Gasteiger partial charge in [0.15, 0.2) is 0 Å². The first kappa shape index (κ1) is 18.4. The summed E-state index contributed by atoms with van der Waals surface area (Å²) in [6, 6.07) is 15.5. The molecule has 5 heteroatoms. The van der Waals surface area contributed by atoms with Gasteiger partial charge < -0.3 is 15.0 Å². The van der Waals surface area contributed by atoms with Crippen molar-refractivity contribution >= 4 is 0 Å². The standard InChI is InChI=1S/C21H25N3O2/c22-13-18-7-4-12-24(21(18)25)19(14-23)15-26-20-10-8-17(9-11-20)16-5-2-1-3-6-16/h1-7,12,17,19-20H,8-11,14-15,23H2/t17-,19?,20+. The van der Waals surface area contributed by atoms with Crippen LogP contribution in [0.4, 0.5) is 0 Å². The van der Waals surface area contributed by atoms with Gasteiger partial charge >= 0.3 is 0 Å². The highest BCUT2D eigenvalue weighted by atomic mass is 16.5. The molecule has 0 spiro atoms. The number of hydrogen-bond acceptors (Lipinski definition) is 4. The molecule has 3 rings (SSSR count). The maximum absolute atomic E-state index is 12.3. The first-order chi connectivity index (χ1) is 12.7. The smallest absolute Gasteiger partial charge is 0.268 e. The Morgan fingerprint density at radius 1 is 1.15 bits per heavy atom. The maximum Gasteiger partial charge on any atom is 0.268 e. The second kappa shape index (κ2) is 8.79. The summed E-state index contributed by atoms with van der Waals surface area (Å²) in [5.74, 6) is 0.608. The van der Waals surface area contributed by atoms with Crippen molar-refractivity contribution in [2.24, 2.45) is 5.73 Å². The minimum absolute atomic E-state index is 0.134. The number of ether oxygens (including phenoxy) is 1. The highest BCUT2D eigenvalue weighted by molar-refractivity contribution is 5.25. The van der Waals surface area contributed by atoms with Crippen molar-refractivity contribution in [2.75, 3.05) is 13.2 Å². The van der Waals surface area contributed by atoms with Gasteiger partial charge in [0, 0.05) is 12.7 Å². The normalized spacial score (nSPS) is 21.1. The van der Waals surface area contributed by atoms with Crippen LogP contribution in [-0.4, -0.2) is 23.8 Å². The summed E-state index contributed by atoms with van der Waals surface area (Å²) >= 11 is 0. The van der Waals surface area contributed by atoms with Gasteiger partial charge in [-0.25, -0.2) is 0 Å². The van der Waals surface area contributed by atoms with E-state index < -0.39 is 0 Å². The molecule has 1 atom stereocenters. The number of rotatable bonds is 6. The van der Waals surface area contributed by atoms with Crippen LogP contribution in [0.15, 0.2) is 53.5 Å². The molecule has 26 heavy (non-hydrogen) atoms. The van der Waals surface area contributed by atoms with Gasteiger partial charge in [0.05, 0.1) is 18.8 Å². The number of aromatic nitrogens is 1. The monoisotopic (exact) mass is 351 g/mol. The molecule has 2 N–H and O–H groups in total. The SMILES string of the molecule is N#Cc1cccn(C(CN)CO[C@H]2CC[C@@H](c3ccccc3)CC2)c1=O. The minimum Gasteiger partial charge on any atom is -0.376 e. The third-order valence-corrected chi connectivity index (χ3v) is 5.23. The van der Waals surface area contributed by atoms with Crippen LogP contribution in [-0.2, 0) is 4.74 Å². The Hall–Kier alpha value is -2.42. The molecule has 1 aromatic carbocycles. The third kappa shape index (κ3) is 4.21. The second-order valence-electron chi connectivity index (χ2n) is 6.85. The van der Waals surface area contributed by atoms with Gasteiger partial charge in [-0.05, 0) is 49.3 Å². The summed E-state index contributed by atoms with van der Waals surface area (Å²) < 4.78 is 7.60. The fraction of sp³-hybridized carbons (Fsp3) is 0.429. The zero-order valence-electron chi connectivity index (χ0n) is 14.9. The Morgan fingerprint density at radius 2 is 1.88 bits per heavy atom. The second-order valence-corrected chi connectivity index (χ2v) is 6.85. The summed E-state index contributed by atoms with van der Waals surface area (Å²) in [5, 5.41) is 9.02. The molecule has 1 fully saturated rings. The van der Waals surface area contributed by atoms with Crippen LogP contribution in [0.1, 0.15) is 48.8 Å². The lowest BCUT2D eigenvalue weighted by molar-refractivity contribution is 0.00786. The van der Waals surface area contributed by atoms with Crippen LogP contribution >= 0.6 is 0 Å². The molecule has 1 aromatic heterocycles. The molecule has 1 heterocycles. The largest absolute Gasteiger partial charge is 0.376 e. The van der Waals surface area contributed by atoms with Crippen LogP contribution in [0.5, 0.6) is 0 Å². The molecule has 1 saturated carbocycles. The average Bonchev–Trinajstić information content (AvgIpc) is 2.70. The highest BCUT2D eigenvalue weighted by Crippen LogP contribution is 2.34. The number of nitrogens with two attached hydrogens (primary N) is 1. The number of pyridine rings is 1. The maximum atomic E-state index is 12.3. The van der Waals surface area contributed by atoms with Crippen LogP contribution in [0.2, 0.25) is 0 Å². The number of benzene rings is 1. The molecule has 1 aliphatic carbocycles. The first-order valence-corrected chi connectivity index (χ1v) is 9.20. The van der Waals surface area contributed by atoms with E-state index in [1.807, 2.05) is 6.07 Å². The highest BCUT2D eigenvalue weighted by Gasteiger charge is 2.24. The topological polar surface area (TPSA) is 81.0 Å². The van der Waals surface area contributed by atoms with Crippen molar-refractivity contribution < 1.29 is 4.74 Å². The summed E-state index contributed by atoms with van der Waals surface area (Å²) in [6.07, 6.45) is 6.15. The molecule has 136 valence electrons. The fourth-order valence-corrected chi connectivity index (χ4v) is 3.68. The Balaban J connectivity index is 1.56. The van der Waals surface area contributed by atoms with Gasteiger partial charge in [-0.3, -0.25) is 4.79 Å². The average molecular weight is 351 g/mol. The van der Waals surface area contributed by atoms with E-state index in [4.69, 9.17) is 15.7 Å². The van der Waals surface area contributed by atoms with Gasteiger partial charge in [-0.1, -0.05) is 30.3 Å². The molecule has 0 bridgehead atoms. The van der Waals surface area contributed by atoms with E-state index in [1.165, 1.54) is 16.2 Å². The van der Waals surface area contributed by atoms with E-state index in [9.17, 15) is 4.79 Å². The predicted octanol–water partition coefficient (Wildman–Crippen LogP) is 2.96. The van der Waals surface area contributed by atoms with Crippen molar-refractivity contribution in [1.82, 2.24) is 4.57 Å². The van der Waals surface area contributed by atoms with Gasteiger partial charge in [0.1, 0.15) is 11.6 Å². The van der Waals surface area contributed by atoms with Gasteiger partial charge in [-0.15, -0.1) is 0 Å². The van der Waals surface area contributed by atoms with E-state index in [1.54, 1.807) is 12.3 Å².